The van der Waals surface area contributed by atoms with Crippen molar-refractivity contribution in [2.45, 2.75) is 19.4 Å². The minimum Gasteiger partial charge on any atom is -0.467 e. The number of nitrogens with two attached hydrogens (primary N) is 1. The van der Waals surface area contributed by atoms with Crippen LogP contribution >= 0.6 is 15.9 Å². The number of nitrogens with one attached hydrogen (secondary N) is 1. The average molecular weight is 331 g/mol. The van der Waals surface area contributed by atoms with Gasteiger partial charge in [0.1, 0.15) is 17.4 Å². The molecule has 0 saturated carbocycles. The van der Waals surface area contributed by atoms with Crippen molar-refractivity contribution < 1.29 is 13.2 Å². The lowest BCUT2D eigenvalue weighted by atomic mass is 10.0. The van der Waals surface area contributed by atoms with Crippen molar-refractivity contribution >= 4 is 15.9 Å². The maximum Gasteiger partial charge on any atom is 0.143 e. The summed E-state index contributed by atoms with van der Waals surface area (Å²) in [6, 6.07) is 3.82. The highest BCUT2D eigenvalue weighted by atomic mass is 79.9. The van der Waals surface area contributed by atoms with Crippen LogP contribution in [0.2, 0.25) is 0 Å². The lowest BCUT2D eigenvalue weighted by Gasteiger charge is -2.16. The van der Waals surface area contributed by atoms with Gasteiger partial charge in [-0.3, -0.25) is 5.84 Å². The zero-order chi connectivity index (χ0) is 14.0. The fourth-order valence-corrected chi connectivity index (χ4v) is 2.30. The van der Waals surface area contributed by atoms with E-state index in [9.17, 15) is 8.78 Å². The first kappa shape index (κ1) is 14.2. The van der Waals surface area contributed by atoms with E-state index in [-0.39, 0.29) is 16.5 Å². The topological polar surface area (TPSA) is 51.2 Å². The number of hydrazine groups is 1. The van der Waals surface area contributed by atoms with Gasteiger partial charge >= 0.3 is 0 Å². The highest BCUT2D eigenvalue weighted by Gasteiger charge is 2.21. The molecule has 3 N–H and O–H groups in total. The summed E-state index contributed by atoms with van der Waals surface area (Å²) in [6.45, 7) is 1.84. The molecule has 0 bridgehead atoms. The van der Waals surface area contributed by atoms with Crippen LogP contribution in [0, 0.1) is 18.6 Å². The average Bonchev–Trinajstić information content (AvgIpc) is 2.81. The highest BCUT2D eigenvalue weighted by molar-refractivity contribution is 9.10. The normalized spacial score (nSPS) is 12.7. The van der Waals surface area contributed by atoms with Crippen LogP contribution in [0.25, 0.3) is 0 Å². The third-order valence-electron chi connectivity index (χ3n) is 2.97. The van der Waals surface area contributed by atoms with Gasteiger partial charge in [0.2, 0.25) is 0 Å². The van der Waals surface area contributed by atoms with Gasteiger partial charge in [0.25, 0.3) is 0 Å². The molecule has 19 heavy (non-hydrogen) atoms. The maximum atomic E-state index is 13.9. The first-order valence-corrected chi connectivity index (χ1v) is 6.46. The molecule has 0 saturated heterocycles. The predicted octanol–water partition coefficient (Wildman–Crippen LogP) is 3.38. The second kappa shape index (κ2) is 5.81. The van der Waals surface area contributed by atoms with Crippen molar-refractivity contribution in [3.8, 4) is 0 Å². The van der Waals surface area contributed by atoms with Gasteiger partial charge < -0.3 is 4.42 Å². The lowest BCUT2D eigenvalue weighted by Crippen LogP contribution is -2.30. The van der Waals surface area contributed by atoms with E-state index in [0.29, 0.717) is 5.76 Å². The zero-order valence-electron chi connectivity index (χ0n) is 10.2. The number of aryl methyl sites for hydroxylation is 1. The summed E-state index contributed by atoms with van der Waals surface area (Å²) >= 11 is 3.04. The van der Waals surface area contributed by atoms with Crippen LogP contribution in [-0.4, -0.2) is 0 Å². The molecule has 6 heteroatoms. The van der Waals surface area contributed by atoms with E-state index in [4.69, 9.17) is 10.3 Å². The Bertz CT molecular complexity index is 586. The minimum atomic E-state index is -0.621. The second-order valence-electron chi connectivity index (χ2n) is 4.21. The van der Waals surface area contributed by atoms with E-state index < -0.39 is 17.7 Å². The second-order valence-corrected chi connectivity index (χ2v) is 5.07. The van der Waals surface area contributed by atoms with E-state index in [1.807, 2.05) is 6.92 Å². The van der Waals surface area contributed by atoms with Crippen LogP contribution in [0.5, 0.6) is 0 Å². The van der Waals surface area contributed by atoms with E-state index in [1.165, 1.54) is 18.4 Å². The molecule has 0 aliphatic heterocycles. The molecule has 0 amide bonds. The third kappa shape index (κ3) is 2.86. The summed E-state index contributed by atoms with van der Waals surface area (Å²) in [5.41, 5.74) is 3.36. The van der Waals surface area contributed by atoms with E-state index in [0.717, 1.165) is 5.56 Å². The van der Waals surface area contributed by atoms with Gasteiger partial charge in [-0.1, -0.05) is 0 Å². The van der Waals surface area contributed by atoms with Crippen molar-refractivity contribution in [3.05, 3.63) is 57.5 Å². The smallest absolute Gasteiger partial charge is 0.143 e. The first-order valence-electron chi connectivity index (χ1n) is 5.67. The SMILES string of the molecule is Cc1ccoc1C(Cc1c(F)ccc(Br)c1F)NN. The Balaban J connectivity index is 2.34. The van der Waals surface area contributed by atoms with Gasteiger partial charge in [-0.15, -0.1) is 0 Å². The summed E-state index contributed by atoms with van der Waals surface area (Å²) in [5, 5.41) is 0. The van der Waals surface area contributed by atoms with E-state index >= 15 is 0 Å². The molecule has 0 radical (unpaired) electrons. The van der Waals surface area contributed by atoms with Gasteiger partial charge in [0, 0.05) is 12.0 Å². The summed E-state index contributed by atoms with van der Waals surface area (Å²) in [4.78, 5) is 0. The summed E-state index contributed by atoms with van der Waals surface area (Å²) in [6.07, 6.45) is 1.57. The van der Waals surface area contributed by atoms with Crippen LogP contribution in [0.15, 0.2) is 33.4 Å². The minimum absolute atomic E-state index is 0.0341. The van der Waals surface area contributed by atoms with Crippen molar-refractivity contribution in [2.75, 3.05) is 0 Å². The lowest BCUT2D eigenvalue weighted by molar-refractivity contribution is 0.403. The molecule has 1 unspecified atom stereocenters. The van der Waals surface area contributed by atoms with Crippen LogP contribution in [-0.2, 0) is 6.42 Å². The number of benzene rings is 1. The molecule has 1 heterocycles. The number of furan rings is 1. The number of rotatable bonds is 4. The van der Waals surface area contributed by atoms with Crippen LogP contribution in [0.4, 0.5) is 8.78 Å². The van der Waals surface area contributed by atoms with Gasteiger partial charge in [-0.25, -0.2) is 14.2 Å². The Morgan fingerprint density at radius 1 is 1.37 bits per heavy atom. The third-order valence-corrected chi connectivity index (χ3v) is 3.58. The highest BCUT2D eigenvalue weighted by Crippen LogP contribution is 2.27. The molecular formula is C13H13BrF2N2O. The monoisotopic (exact) mass is 330 g/mol. The summed E-state index contributed by atoms with van der Waals surface area (Å²) in [7, 11) is 0. The Morgan fingerprint density at radius 3 is 2.68 bits per heavy atom. The standard InChI is InChI=1S/C13H13BrF2N2O/c1-7-4-5-19-13(7)11(18-17)6-8-10(15)3-2-9(14)12(8)16/h2-5,11,18H,6,17H2,1H3. The molecular weight excluding hydrogens is 318 g/mol. The Kier molecular flexibility index (Phi) is 4.34. The van der Waals surface area contributed by atoms with E-state index in [2.05, 4.69) is 21.4 Å². The van der Waals surface area contributed by atoms with Gasteiger partial charge in [0.15, 0.2) is 0 Å². The molecule has 2 aromatic rings. The number of halogens is 3. The Hall–Kier alpha value is -1.24. The van der Waals surface area contributed by atoms with Gasteiger partial charge in [0.05, 0.1) is 16.8 Å². The molecule has 0 spiro atoms. The predicted molar refractivity (Wildman–Crippen MR) is 71.3 cm³/mol. The molecule has 3 nitrogen and oxygen atoms in total. The van der Waals surface area contributed by atoms with E-state index in [1.54, 1.807) is 6.07 Å². The van der Waals surface area contributed by atoms with Crippen LogP contribution < -0.4 is 11.3 Å². The van der Waals surface area contributed by atoms with Crippen molar-refractivity contribution in [3.63, 3.8) is 0 Å². The Morgan fingerprint density at radius 2 is 2.11 bits per heavy atom. The largest absolute Gasteiger partial charge is 0.467 e. The number of hydrogen-bond acceptors (Lipinski definition) is 3. The molecule has 1 aromatic carbocycles. The van der Waals surface area contributed by atoms with Crippen molar-refractivity contribution in [2.24, 2.45) is 5.84 Å². The van der Waals surface area contributed by atoms with Gasteiger partial charge in [-0.05, 0) is 46.6 Å². The molecule has 1 atom stereocenters. The summed E-state index contributed by atoms with van der Waals surface area (Å²) < 4.78 is 33.1. The molecule has 102 valence electrons. The molecule has 1 aromatic heterocycles. The zero-order valence-corrected chi connectivity index (χ0v) is 11.8. The molecule has 0 fully saturated rings. The van der Waals surface area contributed by atoms with Crippen molar-refractivity contribution in [1.29, 1.82) is 0 Å². The first-order chi connectivity index (χ1) is 9.04. The van der Waals surface area contributed by atoms with Crippen LogP contribution in [0.3, 0.4) is 0 Å². The fourth-order valence-electron chi connectivity index (χ4n) is 1.93. The quantitative estimate of drug-likeness (QED) is 0.513. The van der Waals surface area contributed by atoms with Crippen LogP contribution in [0.1, 0.15) is 22.9 Å². The molecule has 2 rings (SSSR count). The van der Waals surface area contributed by atoms with Gasteiger partial charge in [-0.2, -0.15) is 0 Å². The summed E-state index contributed by atoms with van der Waals surface area (Å²) in [5.74, 6) is 4.80. The van der Waals surface area contributed by atoms with Crippen molar-refractivity contribution in [1.82, 2.24) is 5.43 Å². The molecule has 0 aliphatic rings. The maximum absolute atomic E-state index is 13.9. The molecule has 0 aliphatic carbocycles. The number of hydrogen-bond donors (Lipinski definition) is 2. The Labute approximate surface area is 117 Å². The fraction of sp³-hybridized carbons (Fsp3) is 0.231.